The average molecular weight is 219 g/mol. The Morgan fingerprint density at radius 3 is 2.94 bits per heavy atom. The first-order valence-corrected chi connectivity index (χ1v) is 6.10. The third kappa shape index (κ3) is 2.05. The van der Waals surface area contributed by atoms with Crippen molar-refractivity contribution in [3.63, 3.8) is 0 Å². The van der Waals surface area contributed by atoms with Crippen molar-refractivity contribution < 1.29 is 0 Å². The molecule has 0 spiro atoms. The van der Waals surface area contributed by atoms with E-state index in [0.717, 1.165) is 13.0 Å². The highest BCUT2D eigenvalue weighted by Crippen LogP contribution is 2.34. The summed E-state index contributed by atoms with van der Waals surface area (Å²) in [6.45, 7) is 5.44. The van der Waals surface area contributed by atoms with Gasteiger partial charge in [0.1, 0.15) is 5.82 Å². The number of anilines is 1. The molecule has 3 N–H and O–H groups in total. The number of nitrogens with two attached hydrogens (primary N) is 1. The van der Waals surface area contributed by atoms with Crippen LogP contribution in [0.5, 0.6) is 0 Å². The Hall–Kier alpha value is -1.09. The molecule has 1 aliphatic heterocycles. The lowest BCUT2D eigenvalue weighted by atomic mass is 9.85. The summed E-state index contributed by atoms with van der Waals surface area (Å²) in [6, 6.07) is 2.05. The van der Waals surface area contributed by atoms with E-state index in [-0.39, 0.29) is 5.54 Å². The van der Waals surface area contributed by atoms with E-state index in [0.29, 0.717) is 5.82 Å². The van der Waals surface area contributed by atoms with Gasteiger partial charge in [0.15, 0.2) is 0 Å². The number of hydrogen-bond donors (Lipinski definition) is 2. The molecular weight excluding hydrogens is 198 g/mol. The quantitative estimate of drug-likeness (QED) is 0.762. The Bertz CT molecular complexity index is 345. The Labute approximate surface area is 97.5 Å². The topological polar surface area (TPSA) is 50.9 Å². The molecule has 1 atom stereocenters. The number of nitrogen functional groups attached to an aromatic ring is 1. The van der Waals surface area contributed by atoms with E-state index < -0.39 is 0 Å². The average Bonchev–Trinajstić information content (AvgIpc) is 2.43. The van der Waals surface area contributed by atoms with Gasteiger partial charge in [-0.3, -0.25) is 0 Å². The monoisotopic (exact) mass is 219 g/mol. The number of aryl methyl sites for hydroxylation is 1. The Kier molecular flexibility index (Phi) is 3.15. The van der Waals surface area contributed by atoms with Crippen LogP contribution < -0.4 is 11.1 Å². The summed E-state index contributed by atoms with van der Waals surface area (Å²) in [5.74, 6) is 0.678. The second kappa shape index (κ2) is 4.42. The van der Waals surface area contributed by atoms with Crippen LogP contribution in [0.2, 0.25) is 0 Å². The largest absolute Gasteiger partial charge is 0.383 e. The molecular formula is C13H21N3. The second-order valence-corrected chi connectivity index (χ2v) is 4.96. The van der Waals surface area contributed by atoms with Crippen LogP contribution in [0.15, 0.2) is 12.3 Å². The van der Waals surface area contributed by atoms with E-state index in [1.54, 1.807) is 6.20 Å². The summed E-state index contributed by atoms with van der Waals surface area (Å²) in [5, 5.41) is 3.64. The number of aromatic nitrogens is 1. The van der Waals surface area contributed by atoms with Crippen LogP contribution in [0.1, 0.15) is 43.7 Å². The number of nitrogens with one attached hydrogen (secondary N) is 1. The van der Waals surface area contributed by atoms with Crippen LogP contribution in [0.3, 0.4) is 0 Å². The van der Waals surface area contributed by atoms with Gasteiger partial charge < -0.3 is 11.1 Å². The molecule has 0 radical (unpaired) electrons. The molecule has 2 heterocycles. The molecule has 0 amide bonds. The summed E-state index contributed by atoms with van der Waals surface area (Å²) in [5.41, 5.74) is 8.47. The second-order valence-electron chi connectivity index (χ2n) is 4.96. The number of pyridine rings is 1. The van der Waals surface area contributed by atoms with Crippen LogP contribution in [0, 0.1) is 6.92 Å². The standard InChI is InChI=1S/C13H21N3/c1-10-6-9-15-12(14)11(10)13(2)7-4-3-5-8-16-13/h6,9,16H,3-5,7-8H2,1-2H3,(H2,14,15). The van der Waals surface area contributed by atoms with Gasteiger partial charge in [-0.2, -0.15) is 0 Å². The van der Waals surface area contributed by atoms with Gasteiger partial charge in [-0.15, -0.1) is 0 Å². The minimum Gasteiger partial charge on any atom is -0.383 e. The van der Waals surface area contributed by atoms with Crippen molar-refractivity contribution in [2.24, 2.45) is 0 Å². The van der Waals surface area contributed by atoms with E-state index in [9.17, 15) is 0 Å². The molecule has 16 heavy (non-hydrogen) atoms. The van der Waals surface area contributed by atoms with Gasteiger partial charge in [0.25, 0.3) is 0 Å². The molecule has 0 bridgehead atoms. The molecule has 2 rings (SSSR count). The fourth-order valence-corrected chi connectivity index (χ4v) is 2.74. The van der Waals surface area contributed by atoms with Gasteiger partial charge in [-0.25, -0.2) is 4.98 Å². The summed E-state index contributed by atoms with van der Waals surface area (Å²) in [7, 11) is 0. The molecule has 1 aromatic rings. The van der Waals surface area contributed by atoms with Crippen molar-refractivity contribution in [2.75, 3.05) is 12.3 Å². The molecule has 1 fully saturated rings. The molecule has 1 saturated heterocycles. The van der Waals surface area contributed by atoms with Crippen LogP contribution in [-0.4, -0.2) is 11.5 Å². The fraction of sp³-hybridized carbons (Fsp3) is 0.615. The van der Waals surface area contributed by atoms with Gasteiger partial charge >= 0.3 is 0 Å². The highest BCUT2D eigenvalue weighted by molar-refractivity contribution is 5.48. The Morgan fingerprint density at radius 1 is 1.38 bits per heavy atom. The zero-order valence-corrected chi connectivity index (χ0v) is 10.2. The maximum atomic E-state index is 6.04. The smallest absolute Gasteiger partial charge is 0.128 e. The van der Waals surface area contributed by atoms with Crippen LogP contribution in [-0.2, 0) is 5.54 Å². The summed E-state index contributed by atoms with van der Waals surface area (Å²) in [6.07, 6.45) is 6.76. The van der Waals surface area contributed by atoms with Crippen molar-refractivity contribution in [1.29, 1.82) is 0 Å². The summed E-state index contributed by atoms with van der Waals surface area (Å²) in [4.78, 5) is 4.23. The maximum absolute atomic E-state index is 6.04. The van der Waals surface area contributed by atoms with Gasteiger partial charge in [-0.1, -0.05) is 12.8 Å². The SMILES string of the molecule is Cc1ccnc(N)c1C1(C)CCCCCN1. The summed E-state index contributed by atoms with van der Waals surface area (Å²) >= 11 is 0. The summed E-state index contributed by atoms with van der Waals surface area (Å²) < 4.78 is 0. The predicted octanol–water partition coefficient (Wildman–Crippen LogP) is 2.35. The zero-order chi connectivity index (χ0) is 11.6. The van der Waals surface area contributed by atoms with Crippen molar-refractivity contribution in [2.45, 2.75) is 45.1 Å². The van der Waals surface area contributed by atoms with Crippen LogP contribution in [0.25, 0.3) is 0 Å². The van der Waals surface area contributed by atoms with Gasteiger partial charge in [0.2, 0.25) is 0 Å². The lowest BCUT2D eigenvalue weighted by Gasteiger charge is -2.32. The minimum absolute atomic E-state index is 0.00106. The highest BCUT2D eigenvalue weighted by Gasteiger charge is 2.30. The van der Waals surface area contributed by atoms with Crippen molar-refractivity contribution in [3.8, 4) is 0 Å². The fourth-order valence-electron chi connectivity index (χ4n) is 2.74. The predicted molar refractivity (Wildman–Crippen MR) is 67.2 cm³/mol. The third-order valence-corrected chi connectivity index (χ3v) is 3.61. The number of rotatable bonds is 1. The van der Waals surface area contributed by atoms with Crippen molar-refractivity contribution in [1.82, 2.24) is 10.3 Å². The number of hydrogen-bond acceptors (Lipinski definition) is 3. The molecule has 1 aromatic heterocycles. The highest BCUT2D eigenvalue weighted by atomic mass is 15.0. The first-order chi connectivity index (χ1) is 7.63. The third-order valence-electron chi connectivity index (χ3n) is 3.61. The van der Waals surface area contributed by atoms with E-state index in [1.165, 1.54) is 30.4 Å². The molecule has 1 unspecified atom stereocenters. The molecule has 0 saturated carbocycles. The van der Waals surface area contributed by atoms with E-state index in [4.69, 9.17) is 5.73 Å². The lowest BCUT2D eigenvalue weighted by molar-refractivity contribution is 0.358. The molecule has 0 aliphatic carbocycles. The van der Waals surface area contributed by atoms with Gasteiger partial charge in [0, 0.05) is 17.3 Å². The van der Waals surface area contributed by atoms with Crippen molar-refractivity contribution in [3.05, 3.63) is 23.4 Å². The first-order valence-electron chi connectivity index (χ1n) is 6.10. The minimum atomic E-state index is -0.00106. The Morgan fingerprint density at radius 2 is 2.19 bits per heavy atom. The van der Waals surface area contributed by atoms with Gasteiger partial charge in [-0.05, 0) is 44.9 Å². The van der Waals surface area contributed by atoms with Crippen LogP contribution >= 0.6 is 0 Å². The van der Waals surface area contributed by atoms with Crippen molar-refractivity contribution >= 4 is 5.82 Å². The molecule has 3 heteroatoms. The molecule has 88 valence electrons. The lowest BCUT2D eigenvalue weighted by Crippen LogP contribution is -2.40. The Balaban J connectivity index is 2.40. The number of nitrogens with zero attached hydrogens (tertiary/aromatic N) is 1. The van der Waals surface area contributed by atoms with Gasteiger partial charge in [0.05, 0.1) is 0 Å². The zero-order valence-electron chi connectivity index (χ0n) is 10.2. The molecule has 3 nitrogen and oxygen atoms in total. The van der Waals surface area contributed by atoms with E-state index in [1.807, 2.05) is 6.07 Å². The first kappa shape index (κ1) is 11.4. The van der Waals surface area contributed by atoms with Crippen LogP contribution in [0.4, 0.5) is 5.82 Å². The normalized spacial score (nSPS) is 26.4. The maximum Gasteiger partial charge on any atom is 0.128 e. The van der Waals surface area contributed by atoms with E-state index in [2.05, 4.69) is 24.1 Å². The van der Waals surface area contributed by atoms with E-state index >= 15 is 0 Å². The molecule has 0 aromatic carbocycles. The molecule has 1 aliphatic rings.